The van der Waals surface area contributed by atoms with Gasteiger partial charge in [0.25, 0.3) is 0 Å². The molecule has 0 fully saturated rings. The molecule has 1 aromatic carbocycles. The first kappa shape index (κ1) is 19.8. The molecule has 1 aliphatic carbocycles. The van der Waals surface area contributed by atoms with Crippen LogP contribution in [0.3, 0.4) is 0 Å². The van der Waals surface area contributed by atoms with Gasteiger partial charge in [-0.25, -0.2) is 0 Å². The molecule has 0 saturated carbocycles. The monoisotopic (exact) mass is 340 g/mol. The zero-order chi connectivity index (χ0) is 18.4. The Morgan fingerprint density at radius 3 is 2.20 bits per heavy atom. The lowest BCUT2D eigenvalue weighted by Gasteiger charge is -2.35. The second kappa shape index (κ2) is 9.24. The second-order valence-corrected chi connectivity index (χ2v) is 7.80. The summed E-state index contributed by atoms with van der Waals surface area (Å²) < 4.78 is 0. The number of rotatable bonds is 10. The highest BCUT2D eigenvalue weighted by atomic mass is 15.2. The molecule has 0 bridgehead atoms. The van der Waals surface area contributed by atoms with Gasteiger partial charge in [0.2, 0.25) is 0 Å². The fourth-order valence-corrected chi connectivity index (χ4v) is 3.93. The maximum absolute atomic E-state index is 4.36. The molecule has 1 aromatic rings. The lowest BCUT2D eigenvalue weighted by molar-refractivity contribution is 0.202. The predicted octanol–water partition coefficient (Wildman–Crippen LogP) is 5.06. The van der Waals surface area contributed by atoms with Crippen molar-refractivity contribution in [2.24, 2.45) is 0 Å². The summed E-state index contributed by atoms with van der Waals surface area (Å²) in [7, 11) is 4.42. The fourth-order valence-electron chi connectivity index (χ4n) is 3.93. The molecule has 1 atom stereocenters. The van der Waals surface area contributed by atoms with Crippen LogP contribution in [0.25, 0.3) is 0 Å². The minimum Gasteiger partial charge on any atom is -0.368 e. The Hall–Kier alpha value is -1.54. The van der Waals surface area contributed by atoms with E-state index in [-0.39, 0.29) is 0 Å². The average Bonchev–Trinajstić information content (AvgIpc) is 3.00. The summed E-state index contributed by atoms with van der Waals surface area (Å²) in [4.78, 5) is 4.92. The van der Waals surface area contributed by atoms with Gasteiger partial charge >= 0.3 is 0 Å². The highest BCUT2D eigenvalue weighted by Crippen LogP contribution is 2.29. The lowest BCUT2D eigenvalue weighted by Crippen LogP contribution is -2.39. The van der Waals surface area contributed by atoms with Crippen molar-refractivity contribution in [3.8, 4) is 0 Å². The van der Waals surface area contributed by atoms with Crippen LogP contribution in [0.15, 0.2) is 48.7 Å². The van der Waals surface area contributed by atoms with Crippen molar-refractivity contribution >= 4 is 0 Å². The third-order valence-electron chi connectivity index (χ3n) is 5.63. The molecule has 138 valence electrons. The van der Waals surface area contributed by atoms with E-state index < -0.39 is 0 Å². The van der Waals surface area contributed by atoms with Crippen LogP contribution in [-0.4, -0.2) is 42.5 Å². The van der Waals surface area contributed by atoms with Crippen LogP contribution in [-0.2, 0) is 12.8 Å². The Morgan fingerprint density at radius 1 is 1.12 bits per heavy atom. The Balaban J connectivity index is 2.07. The first-order chi connectivity index (χ1) is 11.9. The summed E-state index contributed by atoms with van der Waals surface area (Å²) in [5, 5.41) is 0. The van der Waals surface area contributed by atoms with E-state index in [0.717, 1.165) is 30.7 Å². The molecule has 0 spiro atoms. The number of fused-ring (bicyclic) bond motifs is 1. The smallest absolute Gasteiger partial charge is 0.0370 e. The van der Waals surface area contributed by atoms with Crippen molar-refractivity contribution in [2.75, 3.05) is 20.6 Å². The summed E-state index contributed by atoms with van der Waals surface area (Å²) in [5.74, 6) is 0. The van der Waals surface area contributed by atoms with Gasteiger partial charge in [-0.15, -0.1) is 0 Å². The van der Waals surface area contributed by atoms with Crippen LogP contribution in [0, 0.1) is 0 Å². The molecule has 2 rings (SSSR count). The standard InChI is InChI=1S/C23H36N2/c1-7-8-13-22(24(5)6)14-15-25(19(4)18(2)3)23-16-20-11-9-10-12-21(20)17-23/h9-12,22-23H,2,4,7-8,13-17H2,1,3,5-6H3. The van der Waals surface area contributed by atoms with E-state index in [9.17, 15) is 0 Å². The van der Waals surface area contributed by atoms with Crippen LogP contribution in [0.1, 0.15) is 50.7 Å². The summed E-state index contributed by atoms with van der Waals surface area (Å²) in [6, 6.07) is 10.0. The molecule has 0 saturated heterocycles. The quantitative estimate of drug-likeness (QED) is 0.550. The second-order valence-electron chi connectivity index (χ2n) is 7.80. The van der Waals surface area contributed by atoms with Crippen LogP contribution in [0.5, 0.6) is 0 Å². The van der Waals surface area contributed by atoms with Gasteiger partial charge in [0.1, 0.15) is 0 Å². The van der Waals surface area contributed by atoms with Gasteiger partial charge in [-0.1, -0.05) is 57.2 Å². The topological polar surface area (TPSA) is 6.48 Å². The molecule has 1 unspecified atom stereocenters. The summed E-state index contributed by atoms with van der Waals surface area (Å²) in [6.45, 7) is 13.9. The van der Waals surface area contributed by atoms with Gasteiger partial charge in [0, 0.05) is 24.3 Å². The molecule has 0 aromatic heterocycles. The molecule has 0 heterocycles. The molecule has 0 N–H and O–H groups in total. The number of benzene rings is 1. The number of nitrogens with zero attached hydrogens (tertiary/aromatic N) is 2. The van der Waals surface area contributed by atoms with E-state index in [1.54, 1.807) is 0 Å². The third-order valence-corrected chi connectivity index (χ3v) is 5.63. The molecule has 2 nitrogen and oxygen atoms in total. The largest absolute Gasteiger partial charge is 0.368 e. The SMILES string of the molecule is C=C(C)C(=C)N(CCC(CCCC)N(C)C)C1Cc2ccccc2C1. The van der Waals surface area contributed by atoms with E-state index in [0.29, 0.717) is 12.1 Å². The van der Waals surface area contributed by atoms with Crippen LogP contribution in [0.2, 0.25) is 0 Å². The molecule has 25 heavy (non-hydrogen) atoms. The predicted molar refractivity (Wildman–Crippen MR) is 110 cm³/mol. The van der Waals surface area contributed by atoms with E-state index in [1.807, 2.05) is 0 Å². The molecule has 0 aliphatic heterocycles. The lowest BCUT2D eigenvalue weighted by atomic mass is 10.0. The van der Waals surface area contributed by atoms with Gasteiger partial charge in [-0.05, 0) is 63.4 Å². The van der Waals surface area contributed by atoms with Crippen LogP contribution < -0.4 is 0 Å². The molecular formula is C23H36N2. The number of hydrogen-bond acceptors (Lipinski definition) is 2. The van der Waals surface area contributed by atoms with E-state index in [4.69, 9.17) is 0 Å². The maximum Gasteiger partial charge on any atom is 0.0370 e. The summed E-state index contributed by atoms with van der Waals surface area (Å²) in [5.41, 5.74) is 5.21. The van der Waals surface area contributed by atoms with Crippen molar-refractivity contribution in [1.29, 1.82) is 0 Å². The number of allylic oxidation sites excluding steroid dienone is 1. The van der Waals surface area contributed by atoms with Crippen LogP contribution >= 0.6 is 0 Å². The van der Waals surface area contributed by atoms with Gasteiger partial charge < -0.3 is 9.80 Å². The Labute approximate surface area is 155 Å². The number of unbranched alkanes of at least 4 members (excludes halogenated alkanes) is 1. The van der Waals surface area contributed by atoms with Gasteiger partial charge in [-0.2, -0.15) is 0 Å². The number of hydrogen-bond donors (Lipinski definition) is 0. The zero-order valence-electron chi connectivity index (χ0n) is 16.7. The first-order valence-corrected chi connectivity index (χ1v) is 9.78. The van der Waals surface area contributed by atoms with Gasteiger partial charge in [0.15, 0.2) is 0 Å². The first-order valence-electron chi connectivity index (χ1n) is 9.78. The summed E-state index contributed by atoms with van der Waals surface area (Å²) >= 11 is 0. The minimum atomic E-state index is 0.524. The third kappa shape index (κ3) is 5.22. The Bertz CT molecular complexity index is 563. The Kier molecular flexibility index (Phi) is 7.31. The van der Waals surface area contributed by atoms with Gasteiger partial charge in [0.05, 0.1) is 0 Å². The zero-order valence-corrected chi connectivity index (χ0v) is 16.7. The van der Waals surface area contributed by atoms with E-state index >= 15 is 0 Å². The average molecular weight is 341 g/mol. The van der Waals surface area contributed by atoms with Crippen molar-refractivity contribution in [3.63, 3.8) is 0 Å². The highest BCUT2D eigenvalue weighted by Gasteiger charge is 2.28. The normalized spacial score (nSPS) is 15.2. The van der Waals surface area contributed by atoms with Crippen molar-refractivity contribution < 1.29 is 0 Å². The van der Waals surface area contributed by atoms with Crippen LogP contribution in [0.4, 0.5) is 0 Å². The van der Waals surface area contributed by atoms with Crippen molar-refractivity contribution in [2.45, 2.75) is 64.5 Å². The maximum atomic E-state index is 4.36. The Morgan fingerprint density at radius 2 is 1.72 bits per heavy atom. The van der Waals surface area contributed by atoms with Crippen molar-refractivity contribution in [3.05, 3.63) is 59.8 Å². The summed E-state index contributed by atoms with van der Waals surface area (Å²) in [6.07, 6.45) is 7.30. The highest BCUT2D eigenvalue weighted by molar-refractivity contribution is 5.35. The van der Waals surface area contributed by atoms with E-state index in [2.05, 4.69) is 75.2 Å². The van der Waals surface area contributed by atoms with Gasteiger partial charge in [-0.3, -0.25) is 0 Å². The van der Waals surface area contributed by atoms with Crippen molar-refractivity contribution in [1.82, 2.24) is 9.80 Å². The fraction of sp³-hybridized carbons (Fsp3) is 0.565. The van der Waals surface area contributed by atoms with E-state index in [1.165, 1.54) is 36.8 Å². The minimum absolute atomic E-state index is 0.524. The molecule has 0 amide bonds. The molecule has 2 heteroatoms. The molecular weight excluding hydrogens is 304 g/mol. The molecule has 0 radical (unpaired) electrons. The molecule has 1 aliphatic rings.